The van der Waals surface area contributed by atoms with Gasteiger partial charge < -0.3 is 14.5 Å². The van der Waals surface area contributed by atoms with Gasteiger partial charge in [-0.3, -0.25) is 9.59 Å². The molecular weight excluding hydrogens is 432 g/mol. The van der Waals surface area contributed by atoms with Crippen LogP contribution < -0.4 is 4.74 Å². The fourth-order valence-electron chi connectivity index (χ4n) is 4.73. The summed E-state index contributed by atoms with van der Waals surface area (Å²) < 4.78 is 5.29. The molecule has 0 N–H and O–H groups in total. The van der Waals surface area contributed by atoms with Gasteiger partial charge in [0.15, 0.2) is 0 Å². The monoisotopic (exact) mass is 460 g/mol. The van der Waals surface area contributed by atoms with Gasteiger partial charge in [-0.05, 0) is 72.5 Å². The Morgan fingerprint density at radius 3 is 2.67 bits per heavy atom. The van der Waals surface area contributed by atoms with Gasteiger partial charge in [-0.15, -0.1) is 11.3 Å². The van der Waals surface area contributed by atoms with Gasteiger partial charge >= 0.3 is 0 Å². The van der Waals surface area contributed by atoms with E-state index in [4.69, 9.17) is 4.74 Å². The topological polar surface area (TPSA) is 49.9 Å². The molecule has 5 nitrogen and oxygen atoms in total. The highest BCUT2D eigenvalue weighted by Crippen LogP contribution is 2.39. The second-order valence-corrected chi connectivity index (χ2v) is 9.79. The lowest BCUT2D eigenvalue weighted by molar-refractivity contribution is -0.134. The van der Waals surface area contributed by atoms with E-state index in [0.717, 1.165) is 24.8 Å². The molecule has 3 aromatic rings. The van der Waals surface area contributed by atoms with Crippen LogP contribution in [0.3, 0.4) is 0 Å². The molecule has 0 radical (unpaired) electrons. The molecule has 0 spiro atoms. The summed E-state index contributed by atoms with van der Waals surface area (Å²) in [5, 5.41) is 2.12. The predicted octanol–water partition coefficient (Wildman–Crippen LogP) is 4.84. The highest BCUT2D eigenvalue weighted by Gasteiger charge is 2.38. The minimum atomic E-state index is -0.110. The summed E-state index contributed by atoms with van der Waals surface area (Å²) in [6.07, 6.45) is 2.74. The maximum Gasteiger partial charge on any atom is 0.254 e. The highest BCUT2D eigenvalue weighted by atomic mass is 32.1. The largest absolute Gasteiger partial charge is 0.497 e. The molecule has 2 heterocycles. The molecule has 1 aliphatic carbocycles. The summed E-state index contributed by atoms with van der Waals surface area (Å²) in [5.41, 5.74) is 4.10. The van der Waals surface area contributed by atoms with E-state index in [0.29, 0.717) is 17.9 Å². The van der Waals surface area contributed by atoms with Gasteiger partial charge in [-0.2, -0.15) is 0 Å². The van der Waals surface area contributed by atoms with Crippen LogP contribution in [0.15, 0.2) is 60.0 Å². The third-order valence-corrected chi connectivity index (χ3v) is 7.64. The molecule has 170 valence electrons. The molecule has 1 atom stereocenters. The number of fused-ring (bicyclic) bond motifs is 1. The SMILES string of the molecule is COc1cccc(C(=O)N(CC(=O)N2CCc3sccc3[C@@H]2c2ccccc2C)C2CC2)c1. The lowest BCUT2D eigenvalue weighted by atomic mass is 9.90. The molecular formula is C27H28N2O3S. The first kappa shape index (κ1) is 21.7. The number of hydrogen-bond acceptors (Lipinski definition) is 4. The molecule has 0 saturated heterocycles. The molecule has 0 bridgehead atoms. The summed E-state index contributed by atoms with van der Waals surface area (Å²) in [6.45, 7) is 2.86. The first-order chi connectivity index (χ1) is 16.1. The Balaban J connectivity index is 1.43. The lowest BCUT2D eigenvalue weighted by Crippen LogP contribution is -2.47. The van der Waals surface area contributed by atoms with E-state index >= 15 is 0 Å². The molecule has 1 saturated carbocycles. The molecule has 33 heavy (non-hydrogen) atoms. The predicted molar refractivity (Wildman–Crippen MR) is 130 cm³/mol. The van der Waals surface area contributed by atoms with Crippen molar-refractivity contribution in [3.63, 3.8) is 0 Å². The quantitative estimate of drug-likeness (QED) is 0.529. The number of benzene rings is 2. The number of nitrogens with zero attached hydrogens (tertiary/aromatic N) is 2. The minimum absolute atomic E-state index is 0.00301. The van der Waals surface area contributed by atoms with E-state index < -0.39 is 0 Å². The van der Waals surface area contributed by atoms with Gasteiger partial charge in [-0.25, -0.2) is 0 Å². The maximum atomic E-state index is 13.7. The zero-order chi connectivity index (χ0) is 22.9. The lowest BCUT2D eigenvalue weighted by Gasteiger charge is -2.38. The second-order valence-electron chi connectivity index (χ2n) is 8.79. The molecule has 1 aliphatic heterocycles. The first-order valence-electron chi connectivity index (χ1n) is 11.4. The zero-order valence-corrected chi connectivity index (χ0v) is 19.8. The Labute approximate surface area is 198 Å². The van der Waals surface area contributed by atoms with Crippen molar-refractivity contribution < 1.29 is 14.3 Å². The van der Waals surface area contributed by atoms with Crippen LogP contribution in [-0.2, 0) is 11.2 Å². The van der Waals surface area contributed by atoms with Crippen LogP contribution in [0.1, 0.15) is 50.8 Å². The Morgan fingerprint density at radius 1 is 1.09 bits per heavy atom. The summed E-state index contributed by atoms with van der Waals surface area (Å²) in [6, 6.07) is 17.6. The number of ether oxygens (including phenoxy) is 1. The van der Waals surface area contributed by atoms with Crippen LogP contribution in [0.2, 0.25) is 0 Å². The van der Waals surface area contributed by atoms with Crippen molar-refractivity contribution in [2.75, 3.05) is 20.2 Å². The van der Waals surface area contributed by atoms with E-state index in [9.17, 15) is 9.59 Å². The van der Waals surface area contributed by atoms with E-state index in [1.165, 1.54) is 16.0 Å². The molecule has 1 fully saturated rings. The molecule has 6 heteroatoms. The number of amides is 2. The molecule has 5 rings (SSSR count). The summed E-state index contributed by atoms with van der Waals surface area (Å²) in [5.74, 6) is 0.539. The standard InChI is InChI=1S/C27H28N2O3S/c1-18-6-3-4-9-22(18)26-23-13-15-33-24(23)12-14-28(26)25(30)17-29(20-10-11-20)27(31)19-7-5-8-21(16-19)32-2/h3-9,13,15-16,20,26H,10-12,14,17H2,1-2H3/t26-/m0/s1. The first-order valence-corrected chi connectivity index (χ1v) is 12.3. The number of carbonyl (C=O) groups is 2. The van der Waals surface area contributed by atoms with Crippen molar-refractivity contribution >= 4 is 23.2 Å². The average Bonchev–Trinajstić information content (AvgIpc) is 3.57. The third-order valence-electron chi connectivity index (χ3n) is 6.64. The third kappa shape index (κ3) is 4.27. The van der Waals surface area contributed by atoms with Crippen LogP contribution in [-0.4, -0.2) is 47.9 Å². The summed E-state index contributed by atoms with van der Waals surface area (Å²) in [4.78, 5) is 32.2. The van der Waals surface area contributed by atoms with Gasteiger partial charge in [0.25, 0.3) is 5.91 Å². The Hall–Kier alpha value is -3.12. The molecule has 2 aliphatic rings. The van der Waals surface area contributed by atoms with Crippen molar-refractivity contribution in [3.8, 4) is 5.75 Å². The van der Waals surface area contributed by atoms with E-state index in [2.05, 4.69) is 30.5 Å². The Kier molecular flexibility index (Phi) is 5.94. The van der Waals surface area contributed by atoms with Gasteiger partial charge in [0.05, 0.1) is 13.2 Å². The minimum Gasteiger partial charge on any atom is -0.497 e. The molecule has 2 amide bonds. The van der Waals surface area contributed by atoms with Crippen molar-refractivity contribution in [2.24, 2.45) is 0 Å². The summed E-state index contributed by atoms with van der Waals surface area (Å²) >= 11 is 1.76. The molecule has 1 aromatic heterocycles. The van der Waals surface area contributed by atoms with Crippen LogP contribution >= 0.6 is 11.3 Å². The fourth-order valence-corrected chi connectivity index (χ4v) is 5.63. The highest BCUT2D eigenvalue weighted by molar-refractivity contribution is 7.10. The fraction of sp³-hybridized carbons (Fsp3) is 0.333. The van der Waals surface area contributed by atoms with Gasteiger partial charge in [0.1, 0.15) is 12.3 Å². The van der Waals surface area contributed by atoms with E-state index in [1.54, 1.807) is 35.5 Å². The summed E-state index contributed by atoms with van der Waals surface area (Å²) in [7, 11) is 1.59. The Morgan fingerprint density at radius 2 is 1.91 bits per heavy atom. The maximum absolute atomic E-state index is 13.7. The number of rotatable bonds is 6. The van der Waals surface area contributed by atoms with Gasteiger partial charge in [0, 0.05) is 23.0 Å². The smallest absolute Gasteiger partial charge is 0.254 e. The van der Waals surface area contributed by atoms with Gasteiger partial charge in [-0.1, -0.05) is 30.3 Å². The number of hydrogen-bond donors (Lipinski definition) is 0. The van der Waals surface area contributed by atoms with Crippen molar-refractivity contribution in [3.05, 3.63) is 87.1 Å². The Bertz CT molecular complexity index is 1180. The molecule has 2 aromatic carbocycles. The van der Waals surface area contributed by atoms with Crippen LogP contribution in [0.25, 0.3) is 0 Å². The number of carbonyl (C=O) groups excluding carboxylic acids is 2. The van der Waals surface area contributed by atoms with Crippen molar-refractivity contribution in [1.82, 2.24) is 9.80 Å². The number of aryl methyl sites for hydroxylation is 1. The van der Waals surface area contributed by atoms with Gasteiger partial charge in [0.2, 0.25) is 5.91 Å². The molecule has 0 unspecified atom stereocenters. The van der Waals surface area contributed by atoms with Crippen LogP contribution in [0.4, 0.5) is 0 Å². The van der Waals surface area contributed by atoms with Crippen molar-refractivity contribution in [1.29, 1.82) is 0 Å². The number of methoxy groups -OCH3 is 1. The second kappa shape index (κ2) is 9.02. The van der Waals surface area contributed by atoms with E-state index in [-0.39, 0.29) is 30.4 Å². The van der Waals surface area contributed by atoms with Crippen LogP contribution in [0, 0.1) is 6.92 Å². The zero-order valence-electron chi connectivity index (χ0n) is 19.0. The normalized spacial score (nSPS) is 17.4. The average molecular weight is 461 g/mol. The number of thiophene rings is 1. The van der Waals surface area contributed by atoms with E-state index in [1.807, 2.05) is 29.2 Å². The van der Waals surface area contributed by atoms with Crippen molar-refractivity contribution in [2.45, 2.75) is 38.3 Å². The van der Waals surface area contributed by atoms with Crippen LogP contribution in [0.5, 0.6) is 5.75 Å².